The first-order valence-electron chi connectivity index (χ1n) is 4.91. The molecule has 4 nitrogen and oxygen atoms in total. The first-order chi connectivity index (χ1) is 7.24. The molecule has 15 heavy (non-hydrogen) atoms. The quantitative estimate of drug-likeness (QED) is 0.804. The number of carboxylic acids is 1. The molecule has 0 saturated heterocycles. The summed E-state index contributed by atoms with van der Waals surface area (Å²) >= 11 is 0. The zero-order valence-electron chi connectivity index (χ0n) is 8.05. The average Bonchev–Trinajstić information content (AvgIpc) is 2.93. The molecule has 4 heteroatoms. The molecule has 0 atom stereocenters. The minimum atomic E-state index is -0.781. The Morgan fingerprint density at radius 2 is 2.13 bits per heavy atom. The predicted molar refractivity (Wildman–Crippen MR) is 54.6 cm³/mol. The Morgan fingerprint density at radius 3 is 2.80 bits per heavy atom. The van der Waals surface area contributed by atoms with Crippen molar-refractivity contribution < 1.29 is 9.90 Å². The molecule has 0 bridgehead atoms. The molecule has 0 aliphatic heterocycles. The summed E-state index contributed by atoms with van der Waals surface area (Å²) in [5.74, 6) is -0.781. The van der Waals surface area contributed by atoms with Gasteiger partial charge in [0.2, 0.25) is 0 Å². The topological polar surface area (TPSA) is 55.1 Å². The van der Waals surface area contributed by atoms with Gasteiger partial charge in [-0.2, -0.15) is 5.10 Å². The highest BCUT2D eigenvalue weighted by atomic mass is 16.4. The Labute approximate surface area is 86.1 Å². The van der Waals surface area contributed by atoms with Crippen LogP contribution in [0.15, 0.2) is 30.5 Å². The lowest BCUT2D eigenvalue weighted by Crippen LogP contribution is -2.28. The second kappa shape index (κ2) is 2.59. The van der Waals surface area contributed by atoms with Gasteiger partial charge in [0.25, 0.3) is 0 Å². The highest BCUT2D eigenvalue weighted by Crippen LogP contribution is 2.44. The van der Waals surface area contributed by atoms with Gasteiger partial charge in [-0.1, -0.05) is 18.2 Å². The van der Waals surface area contributed by atoms with E-state index in [0.29, 0.717) is 12.8 Å². The van der Waals surface area contributed by atoms with Crippen LogP contribution in [-0.4, -0.2) is 20.9 Å². The molecule has 1 N–H and O–H groups in total. The number of fused-ring (bicyclic) bond motifs is 1. The van der Waals surface area contributed by atoms with E-state index in [1.54, 1.807) is 10.9 Å². The SMILES string of the molecule is O=C(O)C1(n2ncc3ccccc32)CC1. The Balaban J connectivity index is 2.24. The number of carbonyl (C=O) groups is 1. The Bertz CT molecular complexity index is 540. The maximum absolute atomic E-state index is 11.2. The van der Waals surface area contributed by atoms with Gasteiger partial charge >= 0.3 is 5.97 Å². The van der Waals surface area contributed by atoms with E-state index >= 15 is 0 Å². The van der Waals surface area contributed by atoms with Gasteiger partial charge in [0.05, 0.1) is 11.7 Å². The van der Waals surface area contributed by atoms with Crippen LogP contribution in [0.2, 0.25) is 0 Å². The van der Waals surface area contributed by atoms with Gasteiger partial charge in [-0.05, 0) is 18.9 Å². The number of rotatable bonds is 2. The lowest BCUT2D eigenvalue weighted by atomic mass is 10.2. The van der Waals surface area contributed by atoms with Gasteiger partial charge in [0.1, 0.15) is 0 Å². The normalized spacial score (nSPS) is 17.9. The smallest absolute Gasteiger partial charge is 0.331 e. The van der Waals surface area contributed by atoms with Crippen LogP contribution in [0.4, 0.5) is 0 Å². The number of nitrogens with zero attached hydrogens (tertiary/aromatic N) is 2. The van der Waals surface area contributed by atoms with Crippen molar-refractivity contribution in [2.24, 2.45) is 0 Å². The van der Waals surface area contributed by atoms with Crippen molar-refractivity contribution in [3.63, 3.8) is 0 Å². The van der Waals surface area contributed by atoms with Crippen molar-refractivity contribution >= 4 is 16.9 Å². The zero-order chi connectivity index (χ0) is 10.5. The summed E-state index contributed by atoms with van der Waals surface area (Å²) in [6.07, 6.45) is 3.07. The summed E-state index contributed by atoms with van der Waals surface area (Å²) in [6, 6.07) is 7.68. The van der Waals surface area contributed by atoms with Gasteiger partial charge < -0.3 is 5.11 Å². The third-order valence-electron chi connectivity index (χ3n) is 3.00. The van der Waals surface area contributed by atoms with Gasteiger partial charge in [0, 0.05) is 5.39 Å². The van der Waals surface area contributed by atoms with Crippen LogP contribution < -0.4 is 0 Å². The molecule has 0 spiro atoms. The van der Waals surface area contributed by atoms with Gasteiger partial charge in [0.15, 0.2) is 5.54 Å². The average molecular weight is 202 g/mol. The number of carboxylic acid groups (broad SMARTS) is 1. The second-order valence-corrected chi connectivity index (χ2v) is 3.95. The van der Waals surface area contributed by atoms with Crippen molar-refractivity contribution in [2.45, 2.75) is 18.4 Å². The highest BCUT2D eigenvalue weighted by Gasteiger charge is 2.53. The summed E-state index contributed by atoms with van der Waals surface area (Å²) in [6.45, 7) is 0. The van der Waals surface area contributed by atoms with E-state index in [0.717, 1.165) is 10.9 Å². The number of hydrogen-bond donors (Lipinski definition) is 1. The van der Waals surface area contributed by atoms with Crippen LogP contribution >= 0.6 is 0 Å². The third kappa shape index (κ3) is 1.02. The minimum Gasteiger partial charge on any atom is -0.479 e. The molecule has 0 unspecified atom stereocenters. The molecule has 2 aromatic rings. The summed E-state index contributed by atoms with van der Waals surface area (Å²) in [5, 5.41) is 14.4. The van der Waals surface area contributed by atoms with E-state index in [1.807, 2.05) is 24.3 Å². The van der Waals surface area contributed by atoms with Crippen molar-refractivity contribution in [3.8, 4) is 0 Å². The predicted octanol–water partition coefficient (Wildman–Crippen LogP) is 1.61. The Kier molecular flexibility index (Phi) is 1.46. The largest absolute Gasteiger partial charge is 0.479 e. The van der Waals surface area contributed by atoms with Crippen molar-refractivity contribution in [2.75, 3.05) is 0 Å². The number of para-hydroxylation sites is 1. The third-order valence-corrected chi connectivity index (χ3v) is 3.00. The summed E-state index contributed by atoms with van der Waals surface area (Å²) in [5.41, 5.74) is 0.126. The molecular weight excluding hydrogens is 192 g/mol. The molecule has 0 radical (unpaired) electrons. The molecule has 0 amide bonds. The van der Waals surface area contributed by atoms with Crippen molar-refractivity contribution in [1.29, 1.82) is 0 Å². The fourth-order valence-corrected chi connectivity index (χ4v) is 1.95. The Morgan fingerprint density at radius 1 is 1.40 bits per heavy atom. The van der Waals surface area contributed by atoms with E-state index in [2.05, 4.69) is 5.10 Å². The standard InChI is InChI=1S/C11H10N2O2/c14-10(15)11(5-6-11)13-9-4-2-1-3-8(9)7-12-13/h1-4,7H,5-6H2,(H,14,15). The molecule has 76 valence electrons. The van der Waals surface area contributed by atoms with Gasteiger partial charge in [-0.25, -0.2) is 9.48 Å². The lowest BCUT2D eigenvalue weighted by molar-refractivity contribution is -0.142. The van der Waals surface area contributed by atoms with Crippen LogP contribution in [0.5, 0.6) is 0 Å². The zero-order valence-corrected chi connectivity index (χ0v) is 8.05. The molecular formula is C11H10N2O2. The molecule has 1 saturated carbocycles. The molecule has 1 aliphatic carbocycles. The molecule has 3 rings (SSSR count). The van der Waals surface area contributed by atoms with E-state index in [-0.39, 0.29) is 0 Å². The fraction of sp³-hybridized carbons (Fsp3) is 0.273. The number of aliphatic carboxylic acids is 1. The molecule has 1 aromatic carbocycles. The van der Waals surface area contributed by atoms with Crippen LogP contribution in [0, 0.1) is 0 Å². The van der Waals surface area contributed by atoms with Crippen molar-refractivity contribution in [3.05, 3.63) is 30.5 Å². The van der Waals surface area contributed by atoms with E-state index in [9.17, 15) is 9.90 Å². The summed E-state index contributed by atoms with van der Waals surface area (Å²) in [4.78, 5) is 11.2. The van der Waals surface area contributed by atoms with Gasteiger partial charge in [-0.3, -0.25) is 0 Å². The monoisotopic (exact) mass is 202 g/mol. The van der Waals surface area contributed by atoms with Crippen LogP contribution in [0.3, 0.4) is 0 Å². The summed E-state index contributed by atoms with van der Waals surface area (Å²) in [7, 11) is 0. The number of hydrogen-bond acceptors (Lipinski definition) is 2. The maximum Gasteiger partial charge on any atom is 0.331 e. The maximum atomic E-state index is 11.2. The highest BCUT2D eigenvalue weighted by molar-refractivity contribution is 5.85. The first-order valence-corrected chi connectivity index (χ1v) is 4.91. The van der Waals surface area contributed by atoms with Crippen LogP contribution in [0.25, 0.3) is 10.9 Å². The van der Waals surface area contributed by atoms with Crippen LogP contribution in [0.1, 0.15) is 12.8 Å². The van der Waals surface area contributed by atoms with Crippen LogP contribution in [-0.2, 0) is 10.3 Å². The van der Waals surface area contributed by atoms with E-state index in [1.165, 1.54) is 0 Å². The molecule has 1 aliphatic rings. The molecule has 1 fully saturated rings. The lowest BCUT2D eigenvalue weighted by Gasteiger charge is -2.11. The summed E-state index contributed by atoms with van der Waals surface area (Å²) < 4.78 is 1.64. The minimum absolute atomic E-state index is 0.675. The molecule has 1 heterocycles. The number of benzene rings is 1. The molecule has 1 aromatic heterocycles. The second-order valence-electron chi connectivity index (χ2n) is 3.95. The van der Waals surface area contributed by atoms with Gasteiger partial charge in [-0.15, -0.1) is 0 Å². The first kappa shape index (κ1) is 8.47. The number of aromatic nitrogens is 2. The fourth-order valence-electron chi connectivity index (χ4n) is 1.95. The van der Waals surface area contributed by atoms with E-state index in [4.69, 9.17) is 0 Å². The van der Waals surface area contributed by atoms with E-state index < -0.39 is 11.5 Å². The Hall–Kier alpha value is -1.84. The van der Waals surface area contributed by atoms with Crippen molar-refractivity contribution in [1.82, 2.24) is 9.78 Å².